The molecule has 6 fully saturated rings. The Bertz CT molecular complexity index is 6150. The molecule has 0 radical (unpaired) electrons. The molecule has 130 heavy (non-hydrogen) atoms. The lowest BCUT2D eigenvalue weighted by atomic mass is 9.91. The first kappa shape index (κ1) is 87.5. The van der Waals surface area contributed by atoms with E-state index in [1.165, 1.54) is 20.3 Å². The van der Waals surface area contributed by atoms with E-state index in [1.54, 1.807) is 11.9 Å². The van der Waals surface area contributed by atoms with Crippen LogP contribution in [0.3, 0.4) is 0 Å². The molecule has 6 saturated heterocycles. The summed E-state index contributed by atoms with van der Waals surface area (Å²) in [7, 11) is 3.89. The number of piperazine rings is 3. The van der Waals surface area contributed by atoms with Crippen molar-refractivity contribution in [3.63, 3.8) is 0 Å². The topological polar surface area (TPSA) is 313 Å². The molecule has 0 spiro atoms. The maximum absolute atomic E-state index is 14.7. The normalized spacial score (nSPS) is 21.7. The van der Waals surface area contributed by atoms with Crippen LogP contribution in [0, 0.1) is 47.8 Å². The number of rotatable bonds is 24. The van der Waals surface area contributed by atoms with Crippen molar-refractivity contribution in [1.82, 2.24) is 59.7 Å². The SMILES string of the molecule is C=C(F)C(=O)N1CCN(c2nc(OC[C@@H]3CC(c4cc(N5CCc6c(nc(OC[C@@H]7CCC(=O)N7C)nc6N6CCN(C(=O)C(=C)F)[C@@H](CC#N)C6)C5)c5c(C)cccc5c4)CN3)nc3c2CCN(c2cc(C4C[C@@H](COc5nc6c(c(N7CCN(C(=O)C(=C)F)[C@@H](CC#N)C7)n5)CCN(c5cccc7cccc(CO)c57)C6)N(C)C4)cc4cccc(C)c24)C3)C[C@@H]1CC#N. The number of nitrogens with one attached hydrogen (secondary N) is 1. The van der Waals surface area contributed by atoms with Gasteiger partial charge in [0.25, 0.3) is 17.7 Å². The highest BCUT2D eigenvalue weighted by molar-refractivity contribution is 6.00. The number of likely N-dealkylation sites (tertiary alicyclic amines) is 2. The molecule has 12 heterocycles. The highest BCUT2D eigenvalue weighted by Gasteiger charge is 2.42. The Hall–Kier alpha value is -13.2. The number of halogens is 3. The van der Waals surface area contributed by atoms with E-state index in [4.69, 9.17) is 44.1 Å². The Balaban J connectivity index is 0.606. The molecule has 8 atom stereocenters. The van der Waals surface area contributed by atoms with Gasteiger partial charge in [-0.15, -0.1) is 0 Å². The van der Waals surface area contributed by atoms with Gasteiger partial charge in [0.2, 0.25) is 5.91 Å². The lowest BCUT2D eigenvalue weighted by molar-refractivity contribution is -0.132. The predicted molar refractivity (Wildman–Crippen MR) is 487 cm³/mol. The number of likely N-dealkylation sites (N-methyl/N-ethyl adjacent to an activating group) is 2. The van der Waals surface area contributed by atoms with Crippen LogP contribution in [0.2, 0.25) is 0 Å². The van der Waals surface area contributed by atoms with Gasteiger partial charge < -0.3 is 73.6 Å². The minimum Gasteiger partial charge on any atom is -0.462 e. The fraction of sp³-hybridized carbons (Fsp3) is 0.439. The standard InChI is InChI=1S/C98H106F3N21O8/c1-58-12-8-16-64-40-67(44-84(87(58)64)115-32-26-79-82(53-115)108-97(129-56-75-20-21-86(124)113(75)7)110-92(79)119-36-39-122(95(127)62(5)101)74(50-119)24-30-104)69-42-71(105-46-69)55-128-96-106-81-52-116(33-27-78(81)90(109-96)117-34-37-120(93(125)60(3)99)72(48-117)22-28-102)85-45-68(41-65-17-9-13-59(2)88(65)85)70-43-76(112(6)47-70)57-130-98-107-80-51-114(83-19-11-15-63-14-10-18-66(54-123)89(63)83)31-25-77(80)91(111-98)118-35-38-121(94(126)61(4)100)73(49-118)23-29-103/h8-19,40-41,44-45,69-76,105,123H,3-5,20-27,31-39,42-43,46-57H2,1-2,6-7H3/t69?,70?,71-,72-,73-,74-,75-,76-/m0/s1. The van der Waals surface area contributed by atoms with Crippen molar-refractivity contribution in [3.05, 3.63) is 196 Å². The number of benzene rings is 6. The number of ether oxygens (including phenoxy) is 3. The number of aromatic nitrogens is 6. The van der Waals surface area contributed by atoms with Gasteiger partial charge in [0.15, 0.2) is 17.5 Å². The summed E-state index contributed by atoms with van der Waals surface area (Å²) in [6, 6.07) is 39.1. The quantitative estimate of drug-likeness (QED) is 0.0531. The van der Waals surface area contributed by atoms with E-state index in [1.807, 2.05) is 35.2 Å². The first-order chi connectivity index (χ1) is 63.0. The lowest BCUT2D eigenvalue weighted by Gasteiger charge is -2.42. The van der Waals surface area contributed by atoms with Crippen LogP contribution in [0.15, 0.2) is 134 Å². The third kappa shape index (κ3) is 17.3. The molecule has 18 rings (SSSR count). The van der Waals surface area contributed by atoms with Crippen LogP contribution in [-0.2, 0) is 64.7 Å². The number of anilines is 6. The average molecular weight is 1760 g/mol. The molecule has 4 amide bonds. The zero-order chi connectivity index (χ0) is 90.4. The molecule has 3 aromatic heterocycles. The van der Waals surface area contributed by atoms with Gasteiger partial charge in [0, 0.05) is 167 Å². The summed E-state index contributed by atoms with van der Waals surface area (Å²) in [6.45, 7) is 21.2. The number of amides is 4. The second-order valence-corrected chi connectivity index (χ2v) is 35.9. The van der Waals surface area contributed by atoms with Crippen molar-refractivity contribution >= 4 is 90.5 Å². The van der Waals surface area contributed by atoms with Crippen LogP contribution in [0.1, 0.15) is 118 Å². The molecular formula is C98H106F3N21O8. The van der Waals surface area contributed by atoms with Crippen LogP contribution >= 0.6 is 0 Å². The second kappa shape index (κ2) is 37.1. The highest BCUT2D eigenvalue weighted by atomic mass is 19.1. The summed E-state index contributed by atoms with van der Waals surface area (Å²) in [5, 5.41) is 50.9. The number of nitrogens with zero attached hydrogens (tertiary/aromatic N) is 20. The Morgan fingerprint density at radius 2 is 0.900 bits per heavy atom. The monoisotopic (exact) mass is 1760 g/mol. The van der Waals surface area contributed by atoms with Crippen molar-refractivity contribution in [2.75, 3.05) is 155 Å². The molecule has 6 aromatic carbocycles. The summed E-state index contributed by atoms with van der Waals surface area (Å²) in [6.07, 6.45) is 4.13. The molecule has 29 nitrogen and oxygen atoms in total. The number of aliphatic hydroxyl groups excluding tert-OH is 1. The van der Waals surface area contributed by atoms with Gasteiger partial charge >= 0.3 is 18.0 Å². The Labute approximate surface area is 753 Å². The van der Waals surface area contributed by atoms with Crippen LogP contribution in [0.5, 0.6) is 18.0 Å². The molecule has 0 aliphatic carbocycles. The zero-order valence-corrected chi connectivity index (χ0v) is 73.8. The lowest BCUT2D eigenvalue weighted by Crippen LogP contribution is -2.55. The smallest absolute Gasteiger partial charge is 0.318 e. The summed E-state index contributed by atoms with van der Waals surface area (Å²) in [4.78, 5) is 105. The van der Waals surface area contributed by atoms with Gasteiger partial charge in [0.1, 0.15) is 37.3 Å². The molecule has 2 N–H and O–H groups in total. The zero-order valence-electron chi connectivity index (χ0n) is 73.8. The summed E-state index contributed by atoms with van der Waals surface area (Å²) >= 11 is 0. The Morgan fingerprint density at radius 1 is 0.477 bits per heavy atom. The van der Waals surface area contributed by atoms with Crippen LogP contribution in [0.25, 0.3) is 32.3 Å². The van der Waals surface area contributed by atoms with Gasteiger partial charge in [-0.3, -0.25) is 24.1 Å². The minimum absolute atomic E-state index is 0.0172. The van der Waals surface area contributed by atoms with E-state index in [0.717, 1.165) is 125 Å². The van der Waals surface area contributed by atoms with Crippen molar-refractivity contribution in [1.29, 1.82) is 15.8 Å². The number of nitriles is 3. The van der Waals surface area contributed by atoms with Gasteiger partial charge in [-0.2, -0.15) is 45.7 Å². The van der Waals surface area contributed by atoms with E-state index < -0.39 is 53.3 Å². The number of carbonyl (C=O) groups is 4. The fourth-order valence-electron chi connectivity index (χ4n) is 21.3. The third-order valence-electron chi connectivity index (χ3n) is 28.1. The van der Waals surface area contributed by atoms with E-state index in [-0.39, 0.29) is 139 Å². The average Bonchev–Trinajstić information content (AvgIpc) is 1.10. The van der Waals surface area contributed by atoms with Crippen molar-refractivity contribution in [2.24, 2.45) is 0 Å². The molecule has 9 aliphatic heterocycles. The largest absolute Gasteiger partial charge is 0.462 e. The van der Waals surface area contributed by atoms with Crippen molar-refractivity contribution < 1.29 is 51.7 Å². The number of hydrogen-bond donors (Lipinski definition) is 2. The molecule has 32 heteroatoms. The number of fused-ring (bicyclic) bond motifs is 6. The molecule has 9 aromatic rings. The molecule has 0 bridgehead atoms. The highest BCUT2D eigenvalue weighted by Crippen LogP contribution is 2.45. The van der Waals surface area contributed by atoms with Gasteiger partial charge in [-0.25, -0.2) is 13.2 Å². The van der Waals surface area contributed by atoms with Crippen LogP contribution < -0.4 is 48.9 Å². The summed E-state index contributed by atoms with van der Waals surface area (Å²) < 4.78 is 63.8. The van der Waals surface area contributed by atoms with E-state index in [0.29, 0.717) is 115 Å². The Morgan fingerprint density at radius 3 is 1.34 bits per heavy atom. The predicted octanol–water partition coefficient (Wildman–Crippen LogP) is 10.9. The van der Waals surface area contributed by atoms with Crippen molar-refractivity contribution in [3.8, 4) is 36.2 Å². The van der Waals surface area contributed by atoms with E-state index >= 15 is 0 Å². The summed E-state index contributed by atoms with van der Waals surface area (Å²) in [5.41, 5.74) is 13.5. The summed E-state index contributed by atoms with van der Waals surface area (Å²) in [5.74, 6) is -3.63. The fourth-order valence-corrected chi connectivity index (χ4v) is 21.3. The second-order valence-electron chi connectivity index (χ2n) is 35.9. The molecule has 0 saturated carbocycles. The molecule has 672 valence electrons. The maximum Gasteiger partial charge on any atom is 0.318 e. The van der Waals surface area contributed by atoms with E-state index in [2.05, 4.69) is 160 Å². The van der Waals surface area contributed by atoms with Gasteiger partial charge in [-0.05, 0) is 133 Å². The number of aryl methyl sites for hydroxylation is 2. The van der Waals surface area contributed by atoms with Crippen molar-refractivity contribution in [2.45, 2.75) is 152 Å². The first-order valence-corrected chi connectivity index (χ1v) is 45.0. The number of aliphatic hydroxyl groups is 1. The van der Waals surface area contributed by atoms with Gasteiger partial charge in [-0.1, -0.05) is 98.6 Å². The Kier molecular flexibility index (Phi) is 25.0. The van der Waals surface area contributed by atoms with Crippen LogP contribution in [-0.4, -0.2) is 245 Å². The maximum atomic E-state index is 14.7. The third-order valence-corrected chi connectivity index (χ3v) is 28.1. The minimum atomic E-state index is -1.09. The number of hydrogen-bond acceptors (Lipinski definition) is 25. The molecular weight excluding hydrogens is 1660 g/mol. The van der Waals surface area contributed by atoms with Gasteiger partial charge in [0.05, 0.1) is 105 Å². The number of carbonyl (C=O) groups excluding carboxylic acids is 4. The molecule has 2 unspecified atom stereocenters. The van der Waals surface area contributed by atoms with E-state index in [9.17, 15) is 53.2 Å². The first-order valence-electron chi connectivity index (χ1n) is 45.0. The molecule has 9 aliphatic rings. The van der Waals surface area contributed by atoms with Crippen LogP contribution in [0.4, 0.5) is 47.7 Å².